The summed E-state index contributed by atoms with van der Waals surface area (Å²) in [7, 11) is 0. The van der Waals surface area contributed by atoms with Crippen molar-refractivity contribution in [1.29, 1.82) is 0 Å². The smallest absolute Gasteiger partial charge is 0.255 e. The number of aromatic nitrogens is 1. The Morgan fingerprint density at radius 2 is 1.73 bits per heavy atom. The first-order valence-electron chi connectivity index (χ1n) is 8.23. The van der Waals surface area contributed by atoms with Gasteiger partial charge in [-0.1, -0.05) is 12.1 Å². The van der Waals surface area contributed by atoms with E-state index in [2.05, 4.69) is 15.6 Å². The van der Waals surface area contributed by atoms with Crippen LogP contribution in [0.25, 0.3) is 0 Å². The summed E-state index contributed by atoms with van der Waals surface area (Å²) in [6.07, 6.45) is 7.08. The van der Waals surface area contributed by atoms with Crippen molar-refractivity contribution in [3.63, 3.8) is 0 Å². The number of amides is 2. The van der Waals surface area contributed by atoms with Gasteiger partial charge in [0.15, 0.2) is 0 Å². The van der Waals surface area contributed by atoms with Gasteiger partial charge in [0.05, 0.1) is 11.8 Å². The molecule has 3 rings (SSSR count). The second kappa shape index (κ2) is 8.11. The first-order valence-corrected chi connectivity index (χ1v) is 8.23. The molecule has 0 aliphatic rings. The molecule has 0 aliphatic carbocycles. The topological polar surface area (TPSA) is 84.2 Å². The van der Waals surface area contributed by atoms with Gasteiger partial charge in [-0.15, -0.1) is 0 Å². The lowest BCUT2D eigenvalue weighted by Gasteiger charge is -2.14. The van der Waals surface area contributed by atoms with Crippen LogP contribution in [-0.2, 0) is 11.2 Å². The standard InChI is InChI=1S/C20H19N3O3/c1-14(22-20(25)17-8-11-26-13-17)19(24)23-18-4-2-15(3-5-18)12-16-6-9-21-10-7-16/h2-11,13-14H,12H2,1H3,(H,22,25)(H,23,24). The van der Waals surface area contributed by atoms with Crippen molar-refractivity contribution in [2.45, 2.75) is 19.4 Å². The first-order chi connectivity index (χ1) is 12.6. The van der Waals surface area contributed by atoms with Crippen molar-refractivity contribution in [2.24, 2.45) is 0 Å². The molecule has 0 bridgehead atoms. The van der Waals surface area contributed by atoms with E-state index in [9.17, 15) is 9.59 Å². The summed E-state index contributed by atoms with van der Waals surface area (Å²) in [5.41, 5.74) is 3.37. The normalized spacial score (nSPS) is 11.6. The Hall–Kier alpha value is -3.41. The third-order valence-corrected chi connectivity index (χ3v) is 3.90. The Labute approximate surface area is 151 Å². The molecule has 2 amide bonds. The third kappa shape index (κ3) is 4.57. The van der Waals surface area contributed by atoms with Crippen molar-refractivity contribution < 1.29 is 14.0 Å². The number of nitrogens with one attached hydrogen (secondary N) is 2. The van der Waals surface area contributed by atoms with E-state index in [0.29, 0.717) is 11.3 Å². The van der Waals surface area contributed by atoms with Gasteiger partial charge in [-0.05, 0) is 54.8 Å². The summed E-state index contributed by atoms with van der Waals surface area (Å²) in [5.74, 6) is -0.641. The van der Waals surface area contributed by atoms with E-state index in [1.807, 2.05) is 36.4 Å². The lowest BCUT2D eigenvalue weighted by Crippen LogP contribution is -2.41. The lowest BCUT2D eigenvalue weighted by molar-refractivity contribution is -0.117. The van der Waals surface area contributed by atoms with Gasteiger partial charge in [0.25, 0.3) is 5.91 Å². The first kappa shape index (κ1) is 17.4. The van der Waals surface area contributed by atoms with Crippen molar-refractivity contribution >= 4 is 17.5 Å². The van der Waals surface area contributed by atoms with Crippen LogP contribution in [0.2, 0.25) is 0 Å². The number of benzene rings is 1. The minimum Gasteiger partial charge on any atom is -0.472 e. The summed E-state index contributed by atoms with van der Waals surface area (Å²) >= 11 is 0. The van der Waals surface area contributed by atoms with Crippen molar-refractivity contribution in [3.8, 4) is 0 Å². The van der Waals surface area contributed by atoms with E-state index in [0.717, 1.165) is 12.0 Å². The van der Waals surface area contributed by atoms with Gasteiger partial charge in [0.2, 0.25) is 5.91 Å². The molecule has 132 valence electrons. The Bertz CT molecular complexity index is 859. The number of nitrogens with zero attached hydrogens (tertiary/aromatic N) is 1. The van der Waals surface area contributed by atoms with E-state index in [-0.39, 0.29) is 11.8 Å². The van der Waals surface area contributed by atoms with Crippen LogP contribution < -0.4 is 10.6 Å². The monoisotopic (exact) mass is 349 g/mol. The van der Waals surface area contributed by atoms with E-state index < -0.39 is 6.04 Å². The van der Waals surface area contributed by atoms with Gasteiger partial charge in [0, 0.05) is 18.1 Å². The van der Waals surface area contributed by atoms with E-state index in [4.69, 9.17) is 4.42 Å². The van der Waals surface area contributed by atoms with Crippen LogP contribution >= 0.6 is 0 Å². The molecular formula is C20H19N3O3. The molecule has 1 unspecified atom stereocenters. The predicted octanol–water partition coefficient (Wildman–Crippen LogP) is 3.02. The summed E-state index contributed by atoms with van der Waals surface area (Å²) in [6.45, 7) is 1.63. The molecule has 0 saturated heterocycles. The highest BCUT2D eigenvalue weighted by molar-refractivity contribution is 6.00. The highest BCUT2D eigenvalue weighted by Gasteiger charge is 2.17. The number of hydrogen-bond acceptors (Lipinski definition) is 4. The lowest BCUT2D eigenvalue weighted by atomic mass is 10.1. The SMILES string of the molecule is CC(NC(=O)c1ccoc1)C(=O)Nc1ccc(Cc2ccncc2)cc1. The molecule has 1 aromatic carbocycles. The van der Waals surface area contributed by atoms with Crippen LogP contribution in [0.15, 0.2) is 71.8 Å². The van der Waals surface area contributed by atoms with Gasteiger partial charge < -0.3 is 15.1 Å². The number of carbonyl (C=O) groups is 2. The molecule has 6 nitrogen and oxygen atoms in total. The molecule has 26 heavy (non-hydrogen) atoms. The number of hydrogen-bond donors (Lipinski definition) is 2. The fourth-order valence-corrected chi connectivity index (χ4v) is 2.43. The zero-order valence-electron chi connectivity index (χ0n) is 14.3. The third-order valence-electron chi connectivity index (χ3n) is 3.90. The van der Waals surface area contributed by atoms with Crippen LogP contribution in [0.4, 0.5) is 5.69 Å². The fourth-order valence-electron chi connectivity index (χ4n) is 2.43. The number of furan rings is 1. The minimum absolute atomic E-state index is 0.288. The summed E-state index contributed by atoms with van der Waals surface area (Å²) in [5, 5.41) is 5.43. The zero-order chi connectivity index (χ0) is 18.4. The average molecular weight is 349 g/mol. The summed E-state index contributed by atoms with van der Waals surface area (Å²) in [6, 6.07) is 12.4. The molecule has 0 saturated carbocycles. The van der Waals surface area contributed by atoms with Gasteiger partial charge in [0.1, 0.15) is 12.3 Å². The van der Waals surface area contributed by atoms with E-state index in [1.165, 1.54) is 18.1 Å². The molecular weight excluding hydrogens is 330 g/mol. The van der Waals surface area contributed by atoms with Gasteiger partial charge in [-0.2, -0.15) is 0 Å². The number of pyridine rings is 1. The molecule has 6 heteroatoms. The molecule has 0 spiro atoms. The van der Waals surface area contributed by atoms with Gasteiger partial charge in [-0.25, -0.2) is 0 Å². The van der Waals surface area contributed by atoms with Gasteiger partial charge in [-0.3, -0.25) is 14.6 Å². The highest BCUT2D eigenvalue weighted by Crippen LogP contribution is 2.13. The van der Waals surface area contributed by atoms with E-state index in [1.54, 1.807) is 25.4 Å². The maximum atomic E-state index is 12.2. The van der Waals surface area contributed by atoms with E-state index >= 15 is 0 Å². The molecule has 0 radical (unpaired) electrons. The number of anilines is 1. The van der Waals surface area contributed by atoms with Gasteiger partial charge >= 0.3 is 0 Å². The van der Waals surface area contributed by atoms with Crippen LogP contribution in [0.3, 0.4) is 0 Å². The summed E-state index contributed by atoms with van der Waals surface area (Å²) in [4.78, 5) is 28.2. The largest absolute Gasteiger partial charge is 0.472 e. The average Bonchev–Trinajstić information content (AvgIpc) is 3.19. The second-order valence-corrected chi connectivity index (χ2v) is 5.93. The maximum absolute atomic E-state index is 12.2. The summed E-state index contributed by atoms with van der Waals surface area (Å²) < 4.78 is 4.86. The molecule has 2 aromatic heterocycles. The second-order valence-electron chi connectivity index (χ2n) is 5.93. The van der Waals surface area contributed by atoms with Crippen LogP contribution in [0, 0.1) is 0 Å². The van der Waals surface area contributed by atoms with Crippen LogP contribution in [0.1, 0.15) is 28.4 Å². The fraction of sp³-hybridized carbons (Fsp3) is 0.150. The van der Waals surface area contributed by atoms with Crippen LogP contribution in [-0.4, -0.2) is 22.8 Å². The molecule has 0 fully saturated rings. The zero-order valence-corrected chi connectivity index (χ0v) is 14.3. The molecule has 1 atom stereocenters. The molecule has 2 N–H and O–H groups in total. The highest BCUT2D eigenvalue weighted by atomic mass is 16.3. The number of carbonyl (C=O) groups excluding carboxylic acids is 2. The molecule has 0 aliphatic heterocycles. The Morgan fingerprint density at radius 1 is 1.04 bits per heavy atom. The Morgan fingerprint density at radius 3 is 2.38 bits per heavy atom. The van der Waals surface area contributed by atoms with Crippen LogP contribution in [0.5, 0.6) is 0 Å². The van der Waals surface area contributed by atoms with Crippen molar-refractivity contribution in [2.75, 3.05) is 5.32 Å². The van der Waals surface area contributed by atoms with Crippen molar-refractivity contribution in [3.05, 3.63) is 84.1 Å². The molecule has 3 aromatic rings. The number of rotatable bonds is 6. The Balaban J connectivity index is 1.54. The molecule has 2 heterocycles. The van der Waals surface area contributed by atoms with Crippen molar-refractivity contribution in [1.82, 2.24) is 10.3 Å². The quantitative estimate of drug-likeness (QED) is 0.716. The predicted molar refractivity (Wildman–Crippen MR) is 97.8 cm³/mol. The maximum Gasteiger partial charge on any atom is 0.255 e. The Kier molecular flexibility index (Phi) is 5.43. The minimum atomic E-state index is -0.672.